The summed E-state index contributed by atoms with van der Waals surface area (Å²) in [5.74, 6) is -0.301. The van der Waals surface area contributed by atoms with E-state index >= 15 is 0 Å². The van der Waals surface area contributed by atoms with Crippen LogP contribution in [0.2, 0.25) is 0 Å². The predicted octanol–water partition coefficient (Wildman–Crippen LogP) is 4.64. The molecule has 8 heteroatoms. The number of carbonyl (C=O) groups excluding carboxylic acids is 1. The number of ketones is 1. The van der Waals surface area contributed by atoms with Gasteiger partial charge in [0.1, 0.15) is 5.00 Å². The number of alkyl halides is 3. The molecule has 3 N–H and O–H groups in total. The van der Waals surface area contributed by atoms with E-state index in [-0.39, 0.29) is 11.7 Å². The zero-order chi connectivity index (χ0) is 16.4. The molecule has 1 unspecified atom stereocenters. The average Bonchev–Trinajstić information content (AvgIpc) is 2.61. The van der Waals surface area contributed by atoms with Gasteiger partial charge >= 0.3 is 6.18 Å². The van der Waals surface area contributed by atoms with Gasteiger partial charge < -0.3 is 11.1 Å². The summed E-state index contributed by atoms with van der Waals surface area (Å²) in [5, 5.41) is 3.35. The third-order valence-corrected chi connectivity index (χ3v) is 4.88. The fourth-order valence-corrected chi connectivity index (χ4v) is 4.01. The molecule has 0 saturated carbocycles. The van der Waals surface area contributed by atoms with Gasteiger partial charge in [-0.1, -0.05) is 13.8 Å². The number of anilines is 2. The lowest BCUT2D eigenvalue weighted by atomic mass is 10.1. The highest BCUT2D eigenvalue weighted by Crippen LogP contribution is 2.43. The maximum absolute atomic E-state index is 12.4. The van der Waals surface area contributed by atoms with Gasteiger partial charge in [0.15, 0.2) is 5.78 Å². The normalized spacial score (nSPS) is 13.5. The van der Waals surface area contributed by atoms with Gasteiger partial charge in [0.2, 0.25) is 0 Å². The second-order valence-electron chi connectivity index (χ2n) is 5.09. The zero-order valence-corrected chi connectivity index (χ0v) is 13.9. The first kappa shape index (κ1) is 18.2. The number of halogens is 3. The molecule has 0 aliphatic carbocycles. The molecule has 1 atom stereocenters. The molecule has 0 amide bonds. The summed E-state index contributed by atoms with van der Waals surface area (Å²) in [5.41, 5.74) is 6.32. The van der Waals surface area contributed by atoms with E-state index in [4.69, 9.17) is 5.73 Å². The highest BCUT2D eigenvalue weighted by molar-refractivity contribution is 7.99. The zero-order valence-electron chi connectivity index (χ0n) is 12.3. The molecule has 0 bridgehead atoms. The van der Waals surface area contributed by atoms with Crippen molar-refractivity contribution in [2.24, 2.45) is 5.92 Å². The van der Waals surface area contributed by atoms with Gasteiger partial charge in [-0.25, -0.2) is 0 Å². The number of nitrogen functional groups attached to an aromatic ring is 1. The molecule has 0 aliphatic rings. The van der Waals surface area contributed by atoms with Crippen molar-refractivity contribution < 1.29 is 18.0 Å². The van der Waals surface area contributed by atoms with Crippen molar-refractivity contribution in [2.75, 3.05) is 17.3 Å². The Bertz CT molecular complexity index is 512. The number of hydrogen-bond donors (Lipinski definition) is 2. The summed E-state index contributed by atoms with van der Waals surface area (Å²) in [6, 6.07) is -0.782. The van der Waals surface area contributed by atoms with Crippen LogP contribution in [0.3, 0.4) is 0 Å². The first-order valence-corrected chi connectivity index (χ1v) is 8.44. The minimum atomic E-state index is -4.23. The van der Waals surface area contributed by atoms with Crippen molar-refractivity contribution in [1.82, 2.24) is 0 Å². The van der Waals surface area contributed by atoms with E-state index in [1.807, 2.05) is 0 Å². The molecule has 0 aromatic carbocycles. The number of nitrogens with two attached hydrogens (primary N) is 1. The molecule has 1 aromatic rings. The molecule has 0 radical (unpaired) electrons. The molecule has 3 nitrogen and oxygen atoms in total. The van der Waals surface area contributed by atoms with Crippen LogP contribution in [0.5, 0.6) is 0 Å². The summed E-state index contributed by atoms with van der Waals surface area (Å²) >= 11 is 2.45. The number of Topliss-reactive ketones (excluding diaryl/α,β-unsaturated/α-hetero) is 1. The monoisotopic (exact) mass is 340 g/mol. The molecule has 0 fully saturated rings. The average molecular weight is 340 g/mol. The van der Waals surface area contributed by atoms with Gasteiger partial charge in [0.25, 0.3) is 0 Å². The van der Waals surface area contributed by atoms with Crippen molar-refractivity contribution in [3.05, 3.63) is 4.88 Å². The lowest BCUT2D eigenvalue weighted by Gasteiger charge is -2.16. The van der Waals surface area contributed by atoms with E-state index in [0.717, 1.165) is 11.3 Å². The van der Waals surface area contributed by atoms with E-state index in [1.54, 1.807) is 20.1 Å². The molecule has 0 aliphatic heterocycles. The lowest BCUT2D eigenvalue weighted by Crippen LogP contribution is -2.23. The second-order valence-corrected chi connectivity index (χ2v) is 6.93. The highest BCUT2D eigenvalue weighted by atomic mass is 32.2. The quantitative estimate of drug-likeness (QED) is 0.585. The van der Waals surface area contributed by atoms with E-state index in [9.17, 15) is 18.0 Å². The van der Waals surface area contributed by atoms with E-state index in [1.165, 1.54) is 18.7 Å². The van der Waals surface area contributed by atoms with Gasteiger partial charge in [-0.2, -0.15) is 13.2 Å². The van der Waals surface area contributed by atoms with Crippen LogP contribution >= 0.6 is 23.1 Å². The lowest BCUT2D eigenvalue weighted by molar-refractivity contribution is -0.136. The topological polar surface area (TPSA) is 55.1 Å². The fraction of sp³-hybridized carbons (Fsp3) is 0.615. The van der Waals surface area contributed by atoms with Crippen molar-refractivity contribution >= 4 is 39.6 Å². The maximum atomic E-state index is 12.4. The predicted molar refractivity (Wildman–Crippen MR) is 83.4 cm³/mol. The third-order valence-electron chi connectivity index (χ3n) is 2.77. The molecule has 21 heavy (non-hydrogen) atoms. The van der Waals surface area contributed by atoms with Crippen molar-refractivity contribution in [3.8, 4) is 0 Å². The first-order valence-electron chi connectivity index (χ1n) is 6.40. The molecule has 0 spiro atoms. The summed E-state index contributed by atoms with van der Waals surface area (Å²) in [7, 11) is 0. The van der Waals surface area contributed by atoms with Gasteiger partial charge in [-0.3, -0.25) is 4.79 Å². The van der Waals surface area contributed by atoms with Crippen LogP contribution in [0, 0.1) is 5.92 Å². The van der Waals surface area contributed by atoms with E-state index < -0.39 is 18.6 Å². The Morgan fingerprint density at radius 2 is 1.95 bits per heavy atom. The SMILES string of the molecule is CSc1c(NC(C)CC(F)(F)F)sc(C(=O)C(C)C)c1N. The van der Waals surface area contributed by atoms with Gasteiger partial charge in [0.05, 0.1) is 21.9 Å². The van der Waals surface area contributed by atoms with Crippen LogP contribution in [-0.4, -0.2) is 24.3 Å². The van der Waals surface area contributed by atoms with Crippen LogP contribution in [0.4, 0.5) is 23.9 Å². The number of thioether (sulfide) groups is 1. The maximum Gasteiger partial charge on any atom is 0.391 e. The summed E-state index contributed by atoms with van der Waals surface area (Å²) in [4.78, 5) is 13.1. The summed E-state index contributed by atoms with van der Waals surface area (Å²) < 4.78 is 37.2. The van der Waals surface area contributed by atoms with Crippen LogP contribution in [0.25, 0.3) is 0 Å². The largest absolute Gasteiger partial charge is 0.396 e. The Kier molecular flexibility index (Phi) is 5.98. The fourth-order valence-electron chi connectivity index (χ4n) is 1.79. The minimum absolute atomic E-state index is 0.0932. The highest BCUT2D eigenvalue weighted by Gasteiger charge is 2.31. The Labute approximate surface area is 130 Å². The van der Waals surface area contributed by atoms with Crippen molar-refractivity contribution in [3.63, 3.8) is 0 Å². The number of carbonyl (C=O) groups is 1. The van der Waals surface area contributed by atoms with Gasteiger partial charge in [-0.15, -0.1) is 23.1 Å². The molecule has 1 rings (SSSR count). The standard InChI is InChI=1S/C13H19F3N2OS2/c1-6(2)9(19)10-8(17)11(20-4)12(21-10)18-7(3)5-13(14,15)16/h6-7,18H,5,17H2,1-4H3. The van der Waals surface area contributed by atoms with Crippen molar-refractivity contribution in [2.45, 2.75) is 44.3 Å². The van der Waals surface area contributed by atoms with E-state index in [2.05, 4.69) is 5.32 Å². The second kappa shape index (κ2) is 6.91. The molecule has 1 aromatic heterocycles. The molecule has 120 valence electrons. The number of thiophene rings is 1. The minimum Gasteiger partial charge on any atom is -0.396 e. The van der Waals surface area contributed by atoms with Crippen molar-refractivity contribution in [1.29, 1.82) is 0 Å². The smallest absolute Gasteiger partial charge is 0.391 e. The third kappa shape index (κ3) is 4.81. The summed E-state index contributed by atoms with van der Waals surface area (Å²) in [6.45, 7) is 4.98. The number of hydrogen-bond acceptors (Lipinski definition) is 5. The number of nitrogens with one attached hydrogen (secondary N) is 1. The molecule has 0 saturated heterocycles. The van der Waals surface area contributed by atoms with Crippen LogP contribution < -0.4 is 11.1 Å². The Hall–Kier alpha value is -0.890. The van der Waals surface area contributed by atoms with Crippen LogP contribution in [0.15, 0.2) is 4.90 Å². The van der Waals surface area contributed by atoms with Crippen LogP contribution in [0.1, 0.15) is 36.9 Å². The summed E-state index contributed by atoms with van der Waals surface area (Å²) in [6.07, 6.45) is -3.39. The number of rotatable bonds is 6. The Balaban J connectivity index is 3.03. The molecule has 1 heterocycles. The first-order chi connectivity index (χ1) is 9.56. The van der Waals surface area contributed by atoms with Gasteiger partial charge in [0, 0.05) is 12.0 Å². The Morgan fingerprint density at radius 3 is 2.38 bits per heavy atom. The van der Waals surface area contributed by atoms with Gasteiger partial charge in [-0.05, 0) is 13.2 Å². The molecular formula is C13H19F3N2OS2. The molecular weight excluding hydrogens is 321 g/mol. The van der Waals surface area contributed by atoms with E-state index in [0.29, 0.717) is 20.5 Å². The van der Waals surface area contributed by atoms with Crippen LogP contribution in [-0.2, 0) is 0 Å². The Morgan fingerprint density at radius 1 is 1.38 bits per heavy atom.